The van der Waals surface area contributed by atoms with Crippen molar-refractivity contribution in [2.45, 2.75) is 65.1 Å². The van der Waals surface area contributed by atoms with E-state index in [1.807, 2.05) is 55.6 Å². The van der Waals surface area contributed by atoms with Crippen LogP contribution in [0.5, 0.6) is 0 Å². The molecule has 198 valence electrons. The number of nitrogens with one attached hydrogen (secondary N) is 1. The molecule has 5 nitrogen and oxygen atoms in total. The molecule has 0 aromatic heterocycles. The second-order valence-electron chi connectivity index (χ2n) is 9.40. The zero-order valence-corrected chi connectivity index (χ0v) is 24.2. The fourth-order valence-corrected chi connectivity index (χ4v) is 8.00. The van der Waals surface area contributed by atoms with Gasteiger partial charge in [0, 0.05) is 24.0 Å². The Morgan fingerprint density at radius 3 is 2.28 bits per heavy atom. The van der Waals surface area contributed by atoms with Crippen molar-refractivity contribution < 1.29 is 18.9 Å². The minimum Gasteiger partial charge on any atom is -0.467 e. The summed E-state index contributed by atoms with van der Waals surface area (Å²) in [7, 11) is -1.02. The lowest BCUT2D eigenvalue weighted by molar-refractivity contribution is -0.142. The number of thioether (sulfide) groups is 1. The van der Waals surface area contributed by atoms with Crippen LogP contribution in [0.1, 0.15) is 67.4 Å². The Bertz CT molecular complexity index is 1040. The molecule has 7 heteroatoms. The summed E-state index contributed by atoms with van der Waals surface area (Å²) in [6, 6.07) is 13.0. The van der Waals surface area contributed by atoms with E-state index in [4.69, 9.17) is 4.74 Å². The zero-order chi connectivity index (χ0) is 26.6. The lowest BCUT2D eigenvalue weighted by Crippen LogP contribution is -2.42. The van der Waals surface area contributed by atoms with Crippen LogP contribution in [0, 0.1) is 6.92 Å². The van der Waals surface area contributed by atoms with Gasteiger partial charge in [0.15, 0.2) is 0 Å². The van der Waals surface area contributed by atoms with E-state index >= 15 is 0 Å². The first kappa shape index (κ1) is 30.2. The summed E-state index contributed by atoms with van der Waals surface area (Å²) in [5, 5.41) is 2.89. The molecule has 0 aliphatic carbocycles. The molecular formula is C29H42NO4PS. The first-order valence-electron chi connectivity index (χ1n) is 12.9. The molecule has 0 heterocycles. The van der Waals surface area contributed by atoms with Crippen LogP contribution < -0.4 is 5.32 Å². The van der Waals surface area contributed by atoms with Gasteiger partial charge in [-0.3, -0.25) is 4.79 Å². The van der Waals surface area contributed by atoms with Gasteiger partial charge < -0.3 is 14.6 Å². The largest absolute Gasteiger partial charge is 0.467 e. The van der Waals surface area contributed by atoms with Crippen LogP contribution in [0.25, 0.3) is 11.1 Å². The number of benzene rings is 2. The third-order valence-corrected chi connectivity index (χ3v) is 10.3. The van der Waals surface area contributed by atoms with Gasteiger partial charge in [-0.2, -0.15) is 11.8 Å². The smallest absolute Gasteiger partial charge is 0.328 e. The third kappa shape index (κ3) is 8.81. The van der Waals surface area contributed by atoms with Gasteiger partial charge in [0.25, 0.3) is 5.91 Å². The van der Waals surface area contributed by atoms with E-state index in [9.17, 15) is 14.2 Å². The van der Waals surface area contributed by atoms with E-state index < -0.39 is 19.2 Å². The molecule has 2 aromatic rings. The van der Waals surface area contributed by atoms with Crippen LogP contribution in [-0.4, -0.2) is 49.4 Å². The quantitative estimate of drug-likeness (QED) is 0.195. The minimum atomic E-state index is -2.35. The lowest BCUT2D eigenvalue weighted by atomic mass is 9.94. The van der Waals surface area contributed by atoms with Gasteiger partial charge in [-0.05, 0) is 72.6 Å². The molecule has 0 bridgehead atoms. The molecule has 1 amide bonds. The van der Waals surface area contributed by atoms with E-state index in [0.717, 1.165) is 66.0 Å². The topological polar surface area (TPSA) is 72.5 Å². The summed E-state index contributed by atoms with van der Waals surface area (Å²) < 4.78 is 18.8. The molecule has 2 rings (SSSR count). The highest BCUT2D eigenvalue weighted by Gasteiger charge is 2.26. The number of carbonyl (C=O) groups is 2. The van der Waals surface area contributed by atoms with Crippen LogP contribution in [0.4, 0.5) is 0 Å². The number of hydrogen-bond donors (Lipinski definition) is 1. The Hall–Kier alpha value is -2.04. The van der Waals surface area contributed by atoms with Crippen molar-refractivity contribution in [3.05, 3.63) is 59.2 Å². The standard InChI is InChI=1S/C29H42NO4PS/c1-6-8-17-35(33,18-9-7-2)21-23-14-15-25(26(20-23)24-13-11-10-12-22(24)3)28(31)30-27(16-19-36-5)29(32)34-4/h10-15,20,27H,6-9,16-19,21H2,1-5H3,(H,30,31). The van der Waals surface area contributed by atoms with Crippen molar-refractivity contribution >= 4 is 30.8 Å². The molecule has 0 aliphatic rings. The van der Waals surface area contributed by atoms with Crippen molar-refractivity contribution in [3.8, 4) is 11.1 Å². The van der Waals surface area contributed by atoms with Crippen LogP contribution >= 0.6 is 18.9 Å². The molecule has 0 aliphatic heterocycles. The SMILES string of the molecule is CCCCP(=O)(CCCC)Cc1ccc(C(=O)NC(CCSC)C(=O)OC)c(-c2ccccc2C)c1. The van der Waals surface area contributed by atoms with Gasteiger partial charge in [-0.15, -0.1) is 0 Å². The Kier molecular flexibility index (Phi) is 12.8. The van der Waals surface area contributed by atoms with Gasteiger partial charge in [0.1, 0.15) is 6.04 Å². The Morgan fingerprint density at radius 2 is 1.69 bits per heavy atom. The summed E-state index contributed by atoms with van der Waals surface area (Å²) in [5.41, 5.74) is 4.31. The molecule has 2 aromatic carbocycles. The summed E-state index contributed by atoms with van der Waals surface area (Å²) in [6.07, 6.45) is 8.54. The van der Waals surface area contributed by atoms with Crippen molar-refractivity contribution in [1.82, 2.24) is 5.32 Å². The van der Waals surface area contributed by atoms with Crippen molar-refractivity contribution in [2.24, 2.45) is 0 Å². The summed E-state index contributed by atoms with van der Waals surface area (Å²) in [4.78, 5) is 25.7. The molecule has 0 spiro atoms. The van der Waals surface area contributed by atoms with Gasteiger partial charge in [0.2, 0.25) is 0 Å². The predicted octanol–water partition coefficient (Wildman–Crippen LogP) is 7.15. The maximum Gasteiger partial charge on any atom is 0.328 e. The van der Waals surface area contributed by atoms with Gasteiger partial charge in [-0.1, -0.05) is 57.0 Å². The summed E-state index contributed by atoms with van der Waals surface area (Å²) >= 11 is 1.62. The summed E-state index contributed by atoms with van der Waals surface area (Å²) in [5.74, 6) is -0.0234. The van der Waals surface area contributed by atoms with Crippen LogP contribution in [0.15, 0.2) is 42.5 Å². The van der Waals surface area contributed by atoms with E-state index in [1.54, 1.807) is 11.8 Å². The molecular weight excluding hydrogens is 489 g/mol. The van der Waals surface area contributed by atoms with Gasteiger partial charge in [-0.25, -0.2) is 4.79 Å². The minimum absolute atomic E-state index is 0.309. The zero-order valence-electron chi connectivity index (χ0n) is 22.5. The van der Waals surface area contributed by atoms with Crippen LogP contribution in [0.3, 0.4) is 0 Å². The molecule has 1 N–H and O–H groups in total. The number of hydrogen-bond acceptors (Lipinski definition) is 5. The average Bonchev–Trinajstić information content (AvgIpc) is 2.88. The highest BCUT2D eigenvalue weighted by molar-refractivity contribution is 7.98. The molecule has 0 radical (unpaired) electrons. The molecule has 0 saturated carbocycles. The van der Waals surface area contributed by atoms with E-state index in [1.165, 1.54) is 7.11 Å². The third-order valence-electron chi connectivity index (χ3n) is 6.47. The fourth-order valence-electron chi connectivity index (χ4n) is 4.34. The number of amides is 1. The van der Waals surface area contributed by atoms with Crippen molar-refractivity contribution in [3.63, 3.8) is 0 Å². The normalized spacial score (nSPS) is 12.2. The van der Waals surface area contributed by atoms with Crippen LogP contribution in [-0.2, 0) is 20.3 Å². The summed E-state index contributed by atoms with van der Waals surface area (Å²) in [6.45, 7) is 6.29. The van der Waals surface area contributed by atoms with Crippen molar-refractivity contribution in [1.29, 1.82) is 0 Å². The molecule has 0 saturated heterocycles. The maximum atomic E-state index is 13.9. The first-order valence-corrected chi connectivity index (χ1v) is 16.6. The Morgan fingerprint density at radius 1 is 1.03 bits per heavy atom. The lowest BCUT2D eigenvalue weighted by Gasteiger charge is -2.21. The highest BCUT2D eigenvalue weighted by atomic mass is 32.2. The first-order chi connectivity index (χ1) is 17.3. The molecule has 1 unspecified atom stereocenters. The average molecular weight is 532 g/mol. The van der Waals surface area contributed by atoms with E-state index in [-0.39, 0.29) is 5.91 Å². The van der Waals surface area contributed by atoms with E-state index in [2.05, 4.69) is 19.2 Å². The molecule has 36 heavy (non-hydrogen) atoms. The number of carbonyl (C=O) groups excluding carboxylic acids is 2. The fraction of sp³-hybridized carbons (Fsp3) is 0.517. The number of ether oxygens (including phenoxy) is 1. The Balaban J connectivity index is 2.47. The maximum absolute atomic E-state index is 13.9. The van der Waals surface area contributed by atoms with Crippen LogP contribution in [0.2, 0.25) is 0 Å². The molecule has 0 fully saturated rings. The van der Waals surface area contributed by atoms with Crippen molar-refractivity contribution in [2.75, 3.05) is 31.4 Å². The number of esters is 1. The Labute approximate surface area is 221 Å². The van der Waals surface area contributed by atoms with E-state index in [0.29, 0.717) is 18.1 Å². The number of unbranched alkanes of at least 4 members (excludes halogenated alkanes) is 2. The van der Waals surface area contributed by atoms with Gasteiger partial charge >= 0.3 is 5.97 Å². The predicted molar refractivity (Wildman–Crippen MR) is 154 cm³/mol. The highest BCUT2D eigenvalue weighted by Crippen LogP contribution is 2.51. The number of aryl methyl sites for hydroxylation is 1. The molecule has 1 atom stereocenters. The second-order valence-corrected chi connectivity index (χ2v) is 13.7. The second kappa shape index (κ2) is 15.3. The number of rotatable bonds is 15. The monoisotopic (exact) mass is 531 g/mol. The number of methoxy groups -OCH3 is 1. The van der Waals surface area contributed by atoms with Gasteiger partial charge in [0.05, 0.1) is 14.3 Å².